The number of primary amides is 1. The van der Waals surface area contributed by atoms with Gasteiger partial charge >= 0.3 is 0 Å². The minimum atomic E-state index is -0.714. The second kappa shape index (κ2) is 8.73. The molecule has 0 bridgehead atoms. The third-order valence-corrected chi connectivity index (χ3v) is 4.15. The highest BCUT2D eigenvalue weighted by Gasteiger charge is 2.12. The quantitative estimate of drug-likeness (QED) is 0.552. The van der Waals surface area contributed by atoms with Gasteiger partial charge in [-0.2, -0.15) is 0 Å². The molecule has 28 heavy (non-hydrogen) atoms. The fourth-order valence-corrected chi connectivity index (χ4v) is 2.79. The molecule has 0 spiro atoms. The van der Waals surface area contributed by atoms with Crippen molar-refractivity contribution in [1.82, 2.24) is 5.32 Å². The summed E-state index contributed by atoms with van der Waals surface area (Å²) in [6, 6.07) is 21.3. The van der Waals surface area contributed by atoms with Gasteiger partial charge in [-0.15, -0.1) is 0 Å². The second-order valence-corrected chi connectivity index (χ2v) is 6.06. The predicted octanol–water partition coefficient (Wildman–Crippen LogP) is 2.97. The van der Waals surface area contributed by atoms with E-state index in [-0.39, 0.29) is 30.4 Å². The molecule has 6 heteroatoms. The van der Waals surface area contributed by atoms with Gasteiger partial charge in [-0.3, -0.25) is 9.59 Å². The Morgan fingerprint density at radius 3 is 2.36 bits per heavy atom. The van der Waals surface area contributed by atoms with E-state index in [0.29, 0.717) is 11.3 Å². The molecule has 0 saturated carbocycles. The Hall–Kier alpha value is -3.80. The van der Waals surface area contributed by atoms with Crippen LogP contribution in [0, 0.1) is 0 Å². The largest absolute Gasteiger partial charge is 0.507 e. The number of ether oxygens (including phenoxy) is 1. The van der Waals surface area contributed by atoms with Crippen LogP contribution < -0.4 is 15.8 Å². The van der Waals surface area contributed by atoms with Crippen molar-refractivity contribution in [2.75, 3.05) is 13.2 Å². The van der Waals surface area contributed by atoms with E-state index in [1.165, 1.54) is 18.2 Å². The Kier molecular flexibility index (Phi) is 5.91. The van der Waals surface area contributed by atoms with Gasteiger partial charge in [0, 0.05) is 11.6 Å². The van der Waals surface area contributed by atoms with E-state index in [2.05, 4.69) is 5.32 Å². The summed E-state index contributed by atoms with van der Waals surface area (Å²) in [7, 11) is 0. The topological polar surface area (TPSA) is 102 Å². The molecule has 0 aliphatic rings. The van der Waals surface area contributed by atoms with Crippen molar-refractivity contribution in [1.29, 1.82) is 0 Å². The summed E-state index contributed by atoms with van der Waals surface area (Å²) in [5.74, 6) is -0.782. The molecular formula is C22H20N2O4. The van der Waals surface area contributed by atoms with Crippen LogP contribution in [0.3, 0.4) is 0 Å². The number of hydrogen-bond donors (Lipinski definition) is 3. The molecule has 2 amide bonds. The fourth-order valence-electron chi connectivity index (χ4n) is 2.79. The SMILES string of the molecule is NC(=O)c1ccc(OCCNC(=O)c2ccccc2-c2ccccc2)cc1O. The highest BCUT2D eigenvalue weighted by Crippen LogP contribution is 2.24. The molecule has 0 radical (unpaired) electrons. The summed E-state index contributed by atoms with van der Waals surface area (Å²) >= 11 is 0. The van der Waals surface area contributed by atoms with Gasteiger partial charge in [0.05, 0.1) is 12.1 Å². The van der Waals surface area contributed by atoms with Crippen molar-refractivity contribution in [2.45, 2.75) is 0 Å². The number of carbonyl (C=O) groups excluding carboxylic acids is 2. The lowest BCUT2D eigenvalue weighted by Crippen LogP contribution is -2.28. The molecule has 0 aliphatic carbocycles. The maximum absolute atomic E-state index is 12.6. The van der Waals surface area contributed by atoms with Crippen LogP contribution in [0.25, 0.3) is 11.1 Å². The molecule has 0 heterocycles. The molecule has 3 rings (SSSR count). The highest BCUT2D eigenvalue weighted by molar-refractivity contribution is 6.00. The lowest BCUT2D eigenvalue weighted by Gasteiger charge is -2.11. The first-order valence-corrected chi connectivity index (χ1v) is 8.74. The number of aromatic hydroxyl groups is 1. The summed E-state index contributed by atoms with van der Waals surface area (Å²) < 4.78 is 5.50. The molecular weight excluding hydrogens is 356 g/mol. The Labute approximate surface area is 162 Å². The number of nitrogens with one attached hydrogen (secondary N) is 1. The summed E-state index contributed by atoms with van der Waals surface area (Å²) in [4.78, 5) is 23.7. The van der Waals surface area contributed by atoms with E-state index in [1.54, 1.807) is 6.07 Å². The van der Waals surface area contributed by atoms with E-state index < -0.39 is 5.91 Å². The Morgan fingerprint density at radius 1 is 0.929 bits per heavy atom. The summed E-state index contributed by atoms with van der Waals surface area (Å²) in [5, 5.41) is 12.6. The monoisotopic (exact) mass is 376 g/mol. The number of hydrogen-bond acceptors (Lipinski definition) is 4. The average molecular weight is 376 g/mol. The van der Waals surface area contributed by atoms with Crippen LogP contribution in [0.2, 0.25) is 0 Å². The van der Waals surface area contributed by atoms with Crippen LogP contribution in [0.4, 0.5) is 0 Å². The number of benzene rings is 3. The first kappa shape index (κ1) is 19.0. The number of nitrogens with two attached hydrogens (primary N) is 1. The van der Waals surface area contributed by atoms with Crippen LogP contribution in [-0.4, -0.2) is 30.1 Å². The van der Waals surface area contributed by atoms with Crippen LogP contribution in [0.1, 0.15) is 20.7 Å². The van der Waals surface area contributed by atoms with Gasteiger partial charge in [-0.1, -0.05) is 48.5 Å². The van der Waals surface area contributed by atoms with E-state index in [9.17, 15) is 14.7 Å². The molecule has 0 aromatic heterocycles. The molecule has 3 aromatic carbocycles. The molecule has 0 aliphatic heterocycles. The Morgan fingerprint density at radius 2 is 1.64 bits per heavy atom. The van der Waals surface area contributed by atoms with Gasteiger partial charge < -0.3 is 20.9 Å². The molecule has 4 N–H and O–H groups in total. The molecule has 0 saturated heterocycles. The standard InChI is InChI=1S/C22H20N2O4/c23-21(26)19-11-10-16(14-20(19)25)28-13-12-24-22(27)18-9-5-4-8-17(18)15-6-2-1-3-7-15/h1-11,14,25H,12-13H2,(H2,23,26)(H,24,27). The van der Waals surface area contributed by atoms with Crippen molar-refractivity contribution in [2.24, 2.45) is 5.73 Å². The van der Waals surface area contributed by atoms with E-state index in [4.69, 9.17) is 10.5 Å². The maximum atomic E-state index is 12.6. The van der Waals surface area contributed by atoms with E-state index in [1.807, 2.05) is 48.5 Å². The fraction of sp³-hybridized carbons (Fsp3) is 0.0909. The first-order valence-electron chi connectivity index (χ1n) is 8.74. The zero-order valence-electron chi connectivity index (χ0n) is 15.1. The first-order chi connectivity index (χ1) is 13.6. The molecule has 0 fully saturated rings. The number of phenols is 1. The molecule has 0 atom stereocenters. The zero-order chi connectivity index (χ0) is 19.9. The average Bonchev–Trinajstić information content (AvgIpc) is 2.71. The summed E-state index contributed by atoms with van der Waals surface area (Å²) in [6.07, 6.45) is 0. The van der Waals surface area contributed by atoms with Crippen molar-refractivity contribution in [3.8, 4) is 22.6 Å². The lowest BCUT2D eigenvalue weighted by atomic mass is 9.99. The van der Waals surface area contributed by atoms with Crippen LogP contribution in [0.15, 0.2) is 72.8 Å². The Bertz CT molecular complexity index is 987. The minimum Gasteiger partial charge on any atom is -0.507 e. The third kappa shape index (κ3) is 4.48. The molecule has 0 unspecified atom stereocenters. The van der Waals surface area contributed by atoms with E-state index >= 15 is 0 Å². The van der Waals surface area contributed by atoms with Crippen LogP contribution in [-0.2, 0) is 0 Å². The smallest absolute Gasteiger partial charge is 0.252 e. The Balaban J connectivity index is 1.59. The van der Waals surface area contributed by atoms with Crippen molar-refractivity contribution < 1.29 is 19.4 Å². The zero-order valence-corrected chi connectivity index (χ0v) is 15.1. The maximum Gasteiger partial charge on any atom is 0.252 e. The number of rotatable bonds is 7. The summed E-state index contributed by atoms with van der Waals surface area (Å²) in [5.41, 5.74) is 7.57. The van der Waals surface area contributed by atoms with Gasteiger partial charge in [0.15, 0.2) is 0 Å². The van der Waals surface area contributed by atoms with Gasteiger partial charge in [0.25, 0.3) is 11.8 Å². The minimum absolute atomic E-state index is 0.0261. The van der Waals surface area contributed by atoms with Gasteiger partial charge in [-0.25, -0.2) is 0 Å². The van der Waals surface area contributed by atoms with Crippen molar-refractivity contribution in [3.05, 3.63) is 83.9 Å². The van der Waals surface area contributed by atoms with Crippen molar-refractivity contribution in [3.63, 3.8) is 0 Å². The van der Waals surface area contributed by atoms with E-state index in [0.717, 1.165) is 11.1 Å². The highest BCUT2D eigenvalue weighted by atomic mass is 16.5. The molecule has 6 nitrogen and oxygen atoms in total. The number of carbonyl (C=O) groups is 2. The van der Waals surface area contributed by atoms with Gasteiger partial charge in [0.1, 0.15) is 18.1 Å². The van der Waals surface area contributed by atoms with Gasteiger partial charge in [-0.05, 0) is 29.3 Å². The normalized spacial score (nSPS) is 10.3. The second-order valence-electron chi connectivity index (χ2n) is 6.06. The van der Waals surface area contributed by atoms with Crippen LogP contribution in [0.5, 0.6) is 11.5 Å². The summed E-state index contributed by atoms with van der Waals surface area (Å²) in [6.45, 7) is 0.481. The molecule has 3 aromatic rings. The number of amides is 2. The predicted molar refractivity (Wildman–Crippen MR) is 106 cm³/mol. The van der Waals surface area contributed by atoms with Gasteiger partial charge in [0.2, 0.25) is 0 Å². The lowest BCUT2D eigenvalue weighted by molar-refractivity contribution is 0.0946. The molecule has 142 valence electrons. The third-order valence-electron chi connectivity index (χ3n) is 4.15. The van der Waals surface area contributed by atoms with Crippen LogP contribution >= 0.6 is 0 Å². The van der Waals surface area contributed by atoms with Crippen molar-refractivity contribution >= 4 is 11.8 Å².